The number of halogens is 1. The Hall–Kier alpha value is -1.75. The molecule has 0 radical (unpaired) electrons. The number of sulfonamides is 1. The quantitative estimate of drug-likeness (QED) is 0.586. The number of rotatable bonds is 5. The van der Waals surface area contributed by atoms with E-state index >= 15 is 0 Å². The molecule has 2 aromatic heterocycles. The molecule has 0 amide bonds. The van der Waals surface area contributed by atoms with Gasteiger partial charge in [-0.15, -0.1) is 10.2 Å². The molecule has 0 spiro atoms. The molecule has 29 heavy (non-hydrogen) atoms. The van der Waals surface area contributed by atoms with E-state index in [4.69, 9.17) is 21.4 Å². The second kappa shape index (κ2) is 7.50. The van der Waals surface area contributed by atoms with Crippen molar-refractivity contribution in [2.75, 3.05) is 19.3 Å². The van der Waals surface area contributed by atoms with Gasteiger partial charge < -0.3 is 4.74 Å². The van der Waals surface area contributed by atoms with E-state index in [1.165, 1.54) is 21.9 Å². The molecule has 1 fully saturated rings. The molecule has 0 bridgehead atoms. The van der Waals surface area contributed by atoms with Crippen molar-refractivity contribution in [3.05, 3.63) is 40.1 Å². The van der Waals surface area contributed by atoms with Gasteiger partial charge in [0.1, 0.15) is 5.75 Å². The molecule has 1 aliphatic rings. The molecule has 0 aliphatic carbocycles. The topological polar surface area (TPSA) is 89.7 Å². The molecule has 156 valence electrons. The van der Waals surface area contributed by atoms with Crippen LogP contribution in [0.3, 0.4) is 0 Å². The first-order chi connectivity index (χ1) is 13.6. The molecule has 1 saturated heterocycles. The van der Waals surface area contributed by atoms with E-state index in [1.54, 1.807) is 16.6 Å². The smallest absolute Gasteiger partial charge is 0.234 e. The zero-order valence-corrected chi connectivity index (χ0v) is 18.8. The maximum atomic E-state index is 11.9. The summed E-state index contributed by atoms with van der Waals surface area (Å²) in [6, 6.07) is 7.19. The van der Waals surface area contributed by atoms with Crippen LogP contribution in [0, 0.1) is 0 Å². The van der Waals surface area contributed by atoms with Gasteiger partial charge in [-0.05, 0) is 51.0 Å². The molecule has 1 unspecified atom stereocenters. The highest BCUT2D eigenvalue weighted by molar-refractivity contribution is 7.88. The minimum absolute atomic E-state index is 0.0382. The third-order valence-electron chi connectivity index (χ3n) is 4.93. The summed E-state index contributed by atoms with van der Waals surface area (Å²) in [4.78, 5) is 0.666. The van der Waals surface area contributed by atoms with Crippen molar-refractivity contribution in [3.63, 3.8) is 0 Å². The molecule has 4 rings (SSSR count). The minimum Gasteiger partial charge on any atom is -0.481 e. The fraction of sp³-hybridized carbons (Fsp3) is 0.500. The Morgan fingerprint density at radius 1 is 1.24 bits per heavy atom. The number of ether oxygens (including phenoxy) is 1. The molecule has 3 heterocycles. The van der Waals surface area contributed by atoms with Crippen molar-refractivity contribution in [1.29, 1.82) is 0 Å². The fourth-order valence-corrected chi connectivity index (χ4v) is 5.35. The maximum absolute atomic E-state index is 11.9. The van der Waals surface area contributed by atoms with Gasteiger partial charge in [-0.25, -0.2) is 12.7 Å². The van der Waals surface area contributed by atoms with E-state index in [2.05, 4.69) is 10.2 Å². The average molecular weight is 456 g/mol. The van der Waals surface area contributed by atoms with E-state index in [-0.39, 0.29) is 5.92 Å². The first-order valence-corrected chi connectivity index (χ1v) is 12.3. The summed E-state index contributed by atoms with van der Waals surface area (Å²) in [5.41, 5.74) is -0.679. The average Bonchev–Trinajstić information content (AvgIpc) is 3.24. The third kappa shape index (κ3) is 4.25. The van der Waals surface area contributed by atoms with Gasteiger partial charge in [0.2, 0.25) is 15.0 Å². The van der Waals surface area contributed by atoms with Crippen LogP contribution >= 0.6 is 22.9 Å². The molecule has 11 heteroatoms. The zero-order valence-electron chi connectivity index (χ0n) is 16.4. The van der Waals surface area contributed by atoms with E-state index in [0.29, 0.717) is 34.6 Å². The molecular weight excluding hydrogens is 434 g/mol. The van der Waals surface area contributed by atoms with Crippen LogP contribution in [-0.2, 0) is 15.6 Å². The van der Waals surface area contributed by atoms with Crippen LogP contribution in [0.15, 0.2) is 24.3 Å². The van der Waals surface area contributed by atoms with Gasteiger partial charge in [0, 0.05) is 24.0 Å². The Kier molecular flexibility index (Phi) is 5.30. The van der Waals surface area contributed by atoms with Crippen LogP contribution in [0.5, 0.6) is 5.75 Å². The second-order valence-corrected chi connectivity index (χ2v) is 11.1. The predicted octanol–water partition coefficient (Wildman–Crippen LogP) is 3.29. The number of piperidine rings is 1. The summed E-state index contributed by atoms with van der Waals surface area (Å²) in [6.45, 7) is 4.83. The Labute approximate surface area is 178 Å². The highest BCUT2D eigenvalue weighted by Gasteiger charge is 2.33. The van der Waals surface area contributed by atoms with Crippen LogP contribution in [0.2, 0.25) is 5.02 Å². The van der Waals surface area contributed by atoms with E-state index in [9.17, 15) is 8.42 Å². The van der Waals surface area contributed by atoms with Crippen molar-refractivity contribution in [2.45, 2.75) is 38.2 Å². The minimum atomic E-state index is -3.23. The summed E-state index contributed by atoms with van der Waals surface area (Å²) in [5, 5.41) is 14.7. The van der Waals surface area contributed by atoms with Gasteiger partial charge in [-0.3, -0.25) is 0 Å². The lowest BCUT2D eigenvalue weighted by Crippen LogP contribution is -2.38. The predicted molar refractivity (Wildman–Crippen MR) is 112 cm³/mol. The van der Waals surface area contributed by atoms with Gasteiger partial charge >= 0.3 is 0 Å². The lowest BCUT2D eigenvalue weighted by atomic mass is 9.99. The van der Waals surface area contributed by atoms with Gasteiger partial charge in [0.15, 0.2) is 16.4 Å². The van der Waals surface area contributed by atoms with Crippen molar-refractivity contribution in [2.24, 2.45) is 0 Å². The number of fused-ring (bicyclic) bond motifs is 1. The Morgan fingerprint density at radius 2 is 1.97 bits per heavy atom. The number of benzene rings is 1. The van der Waals surface area contributed by atoms with E-state index in [0.717, 1.165) is 17.8 Å². The first kappa shape index (κ1) is 20.5. The van der Waals surface area contributed by atoms with Crippen LogP contribution in [0.25, 0.3) is 4.96 Å². The summed E-state index contributed by atoms with van der Waals surface area (Å²) in [6.07, 6.45) is 2.88. The highest BCUT2D eigenvalue weighted by atomic mass is 35.5. The normalized spacial score (nSPS) is 19.0. The largest absolute Gasteiger partial charge is 0.481 e. The van der Waals surface area contributed by atoms with Crippen LogP contribution in [0.1, 0.15) is 43.4 Å². The first-order valence-electron chi connectivity index (χ1n) is 9.26. The molecule has 0 N–H and O–H groups in total. The van der Waals surface area contributed by atoms with E-state index < -0.39 is 15.6 Å². The van der Waals surface area contributed by atoms with E-state index in [1.807, 2.05) is 26.0 Å². The Bertz CT molecular complexity index is 1120. The summed E-state index contributed by atoms with van der Waals surface area (Å²) in [7, 11) is -3.23. The Morgan fingerprint density at radius 3 is 2.66 bits per heavy atom. The van der Waals surface area contributed by atoms with Gasteiger partial charge in [-0.1, -0.05) is 22.9 Å². The second-order valence-electron chi connectivity index (χ2n) is 7.69. The SMILES string of the molecule is CC(C)(Oc1ccc(Cl)cc1)c1nn2c(C3CCCN(S(C)(=O)=O)C3)nnc2s1. The van der Waals surface area contributed by atoms with Gasteiger partial charge in [-0.2, -0.15) is 9.61 Å². The van der Waals surface area contributed by atoms with Gasteiger partial charge in [0.25, 0.3) is 0 Å². The van der Waals surface area contributed by atoms with Crippen molar-refractivity contribution < 1.29 is 13.2 Å². The van der Waals surface area contributed by atoms with Crippen LogP contribution < -0.4 is 4.74 Å². The highest BCUT2D eigenvalue weighted by Crippen LogP contribution is 2.33. The summed E-state index contributed by atoms with van der Waals surface area (Å²) < 4.78 is 33.2. The molecule has 1 aliphatic heterocycles. The zero-order chi connectivity index (χ0) is 20.8. The third-order valence-corrected chi connectivity index (χ3v) is 7.66. The number of hydrogen-bond donors (Lipinski definition) is 0. The summed E-state index contributed by atoms with van der Waals surface area (Å²) in [5.74, 6) is 1.35. The van der Waals surface area contributed by atoms with Crippen molar-refractivity contribution >= 4 is 37.9 Å². The fourth-order valence-electron chi connectivity index (χ4n) is 3.43. The van der Waals surface area contributed by atoms with Crippen molar-refractivity contribution in [1.82, 2.24) is 24.1 Å². The number of aromatic nitrogens is 4. The number of nitrogens with zero attached hydrogens (tertiary/aromatic N) is 5. The molecule has 3 aromatic rings. The molecule has 0 saturated carbocycles. The van der Waals surface area contributed by atoms with Crippen molar-refractivity contribution in [3.8, 4) is 5.75 Å². The monoisotopic (exact) mass is 455 g/mol. The molecule has 1 atom stereocenters. The van der Waals surface area contributed by atoms with Crippen LogP contribution in [-0.4, -0.2) is 51.9 Å². The van der Waals surface area contributed by atoms with Crippen LogP contribution in [0.4, 0.5) is 0 Å². The standard InChI is InChI=1S/C18H22ClN5O3S2/c1-18(2,27-14-8-6-13(19)7-9-14)16-22-24-15(20-21-17(24)28-16)12-5-4-10-23(11-12)29(3,25)26/h6-9,12H,4-5,10-11H2,1-3H3. The molecule has 8 nitrogen and oxygen atoms in total. The Balaban J connectivity index is 1.60. The maximum Gasteiger partial charge on any atom is 0.234 e. The molecular formula is C18H22ClN5O3S2. The van der Waals surface area contributed by atoms with Gasteiger partial charge in [0.05, 0.1) is 6.26 Å². The lowest BCUT2D eigenvalue weighted by Gasteiger charge is -2.29. The summed E-state index contributed by atoms with van der Waals surface area (Å²) >= 11 is 7.36. The lowest BCUT2D eigenvalue weighted by molar-refractivity contribution is 0.107. The molecule has 1 aromatic carbocycles. The number of hydrogen-bond acceptors (Lipinski definition) is 7.